The van der Waals surface area contributed by atoms with Crippen molar-refractivity contribution in [1.29, 1.82) is 0 Å². The van der Waals surface area contributed by atoms with E-state index in [0.717, 1.165) is 42.6 Å². The Bertz CT molecular complexity index is 858. The lowest BCUT2D eigenvalue weighted by Crippen LogP contribution is -2.35. The van der Waals surface area contributed by atoms with Gasteiger partial charge in [0.15, 0.2) is 11.5 Å². The van der Waals surface area contributed by atoms with Gasteiger partial charge in [-0.1, -0.05) is 36.7 Å². The normalized spacial score (nSPS) is 16.1. The molecule has 1 heterocycles. The predicted molar refractivity (Wildman–Crippen MR) is 133 cm³/mol. The second-order valence-corrected chi connectivity index (χ2v) is 9.36. The standard InChI is InChI=1S/C26H37ClN2O4/c1-20-10-12-29(13-11-20)14-15-32-25-9-8-21(16-26(25)31-3)17-28(2)18-22(30)19-33-24-7-5-4-6-23(24)27/h4-9,16,20,22,30H,10-15,17-19H2,1-3H3. The van der Waals surface area contributed by atoms with Crippen LogP contribution < -0.4 is 14.2 Å². The van der Waals surface area contributed by atoms with Crippen molar-refractivity contribution in [2.75, 3.05) is 53.6 Å². The molecular weight excluding hydrogens is 440 g/mol. The first-order chi connectivity index (χ1) is 15.9. The first-order valence-electron chi connectivity index (χ1n) is 11.7. The highest BCUT2D eigenvalue weighted by atomic mass is 35.5. The van der Waals surface area contributed by atoms with Gasteiger partial charge in [0.2, 0.25) is 0 Å². The molecule has 1 aliphatic rings. The van der Waals surface area contributed by atoms with Gasteiger partial charge in [0, 0.05) is 19.6 Å². The molecule has 6 nitrogen and oxygen atoms in total. The summed E-state index contributed by atoms with van der Waals surface area (Å²) in [7, 11) is 3.63. The molecule has 1 saturated heterocycles. The fourth-order valence-electron chi connectivity index (χ4n) is 4.04. The van der Waals surface area contributed by atoms with E-state index in [1.165, 1.54) is 12.8 Å². The van der Waals surface area contributed by atoms with E-state index in [-0.39, 0.29) is 6.61 Å². The van der Waals surface area contributed by atoms with Crippen molar-refractivity contribution in [3.05, 3.63) is 53.1 Å². The lowest BCUT2D eigenvalue weighted by molar-refractivity contribution is 0.0744. The third kappa shape index (κ3) is 8.38. The minimum Gasteiger partial charge on any atom is -0.493 e. The molecule has 0 aliphatic carbocycles. The molecule has 0 saturated carbocycles. The zero-order valence-corrected chi connectivity index (χ0v) is 20.8. The van der Waals surface area contributed by atoms with E-state index in [0.29, 0.717) is 30.5 Å². The van der Waals surface area contributed by atoms with Gasteiger partial charge >= 0.3 is 0 Å². The van der Waals surface area contributed by atoms with Crippen molar-refractivity contribution in [1.82, 2.24) is 9.80 Å². The third-order valence-electron chi connectivity index (χ3n) is 6.01. The van der Waals surface area contributed by atoms with E-state index < -0.39 is 6.10 Å². The van der Waals surface area contributed by atoms with Gasteiger partial charge in [-0.25, -0.2) is 0 Å². The van der Waals surface area contributed by atoms with Crippen LogP contribution in [0, 0.1) is 5.92 Å². The molecule has 0 spiro atoms. The van der Waals surface area contributed by atoms with Crippen molar-refractivity contribution < 1.29 is 19.3 Å². The summed E-state index contributed by atoms with van der Waals surface area (Å²) >= 11 is 6.10. The lowest BCUT2D eigenvalue weighted by Gasteiger charge is -2.30. The van der Waals surface area contributed by atoms with E-state index in [9.17, 15) is 5.11 Å². The maximum atomic E-state index is 10.4. The van der Waals surface area contributed by atoms with Crippen molar-refractivity contribution >= 4 is 11.6 Å². The fraction of sp³-hybridized carbons (Fsp3) is 0.538. The number of ether oxygens (including phenoxy) is 3. The molecule has 0 amide bonds. The number of aliphatic hydroxyl groups is 1. The second kappa shape index (κ2) is 13.0. The second-order valence-electron chi connectivity index (χ2n) is 8.95. The van der Waals surface area contributed by atoms with Crippen LogP contribution in [0.25, 0.3) is 0 Å². The summed E-state index contributed by atoms with van der Waals surface area (Å²) in [5.41, 5.74) is 1.09. The van der Waals surface area contributed by atoms with Crippen molar-refractivity contribution in [3.8, 4) is 17.2 Å². The average Bonchev–Trinajstić information content (AvgIpc) is 2.80. The number of aliphatic hydroxyl groups excluding tert-OH is 1. The Hall–Kier alpha value is -1.99. The quantitative estimate of drug-likeness (QED) is 0.492. The molecule has 2 aromatic carbocycles. The Balaban J connectivity index is 1.43. The lowest BCUT2D eigenvalue weighted by atomic mass is 9.99. The number of hydrogen-bond donors (Lipinski definition) is 1. The molecule has 33 heavy (non-hydrogen) atoms. The molecular formula is C26H37ClN2O4. The van der Waals surface area contributed by atoms with Crippen LogP contribution in [0.3, 0.4) is 0 Å². The molecule has 1 atom stereocenters. The summed E-state index contributed by atoms with van der Waals surface area (Å²) in [4.78, 5) is 4.52. The van der Waals surface area contributed by atoms with Crippen LogP contribution in [0.2, 0.25) is 5.02 Å². The van der Waals surface area contributed by atoms with Gasteiger partial charge in [-0.15, -0.1) is 0 Å². The molecule has 0 aromatic heterocycles. The van der Waals surface area contributed by atoms with Crippen LogP contribution >= 0.6 is 11.6 Å². The van der Waals surface area contributed by atoms with Crippen molar-refractivity contribution in [2.24, 2.45) is 5.92 Å². The first-order valence-corrected chi connectivity index (χ1v) is 12.1. The summed E-state index contributed by atoms with van der Waals surface area (Å²) < 4.78 is 17.2. The molecule has 0 radical (unpaired) electrons. The first kappa shape index (κ1) is 25.6. The van der Waals surface area contributed by atoms with Crippen molar-refractivity contribution in [2.45, 2.75) is 32.4 Å². The largest absolute Gasteiger partial charge is 0.493 e. The maximum absolute atomic E-state index is 10.4. The summed E-state index contributed by atoms with van der Waals surface area (Å²) in [6.45, 7) is 7.55. The highest BCUT2D eigenvalue weighted by Gasteiger charge is 2.16. The number of piperidine rings is 1. The van der Waals surface area contributed by atoms with Gasteiger partial charge in [0.1, 0.15) is 25.1 Å². The molecule has 1 aliphatic heterocycles. The van der Waals surface area contributed by atoms with Gasteiger partial charge < -0.3 is 19.3 Å². The molecule has 3 rings (SSSR count). The minimum atomic E-state index is -0.631. The number of halogens is 1. The summed E-state index contributed by atoms with van der Waals surface area (Å²) in [5.74, 6) is 2.91. The molecule has 182 valence electrons. The number of para-hydroxylation sites is 1. The van der Waals surface area contributed by atoms with Gasteiger partial charge in [-0.2, -0.15) is 0 Å². The van der Waals surface area contributed by atoms with E-state index >= 15 is 0 Å². The third-order valence-corrected chi connectivity index (χ3v) is 6.32. The zero-order chi connectivity index (χ0) is 23.6. The Labute approximate surface area is 203 Å². The highest BCUT2D eigenvalue weighted by molar-refractivity contribution is 6.32. The van der Waals surface area contributed by atoms with Gasteiger partial charge in [-0.05, 0) is 68.7 Å². The molecule has 0 bridgehead atoms. The van der Waals surface area contributed by atoms with E-state index in [1.54, 1.807) is 19.2 Å². The van der Waals surface area contributed by atoms with Gasteiger partial charge in [0.25, 0.3) is 0 Å². The highest BCUT2D eigenvalue weighted by Crippen LogP contribution is 2.29. The molecule has 7 heteroatoms. The number of rotatable bonds is 12. The number of likely N-dealkylation sites (tertiary alicyclic amines) is 1. The van der Waals surface area contributed by atoms with Gasteiger partial charge in [0.05, 0.1) is 12.1 Å². The molecule has 1 fully saturated rings. The number of methoxy groups -OCH3 is 1. The number of hydrogen-bond acceptors (Lipinski definition) is 6. The number of likely N-dealkylation sites (N-methyl/N-ethyl adjacent to an activating group) is 1. The maximum Gasteiger partial charge on any atom is 0.161 e. The van der Waals surface area contributed by atoms with Crippen LogP contribution in [-0.2, 0) is 6.54 Å². The fourth-order valence-corrected chi connectivity index (χ4v) is 4.23. The Morgan fingerprint density at radius 3 is 2.58 bits per heavy atom. The summed E-state index contributed by atoms with van der Waals surface area (Å²) in [6.07, 6.45) is 1.91. The molecule has 2 aromatic rings. The van der Waals surface area contributed by atoms with Crippen LogP contribution in [0.1, 0.15) is 25.3 Å². The van der Waals surface area contributed by atoms with Crippen LogP contribution in [0.15, 0.2) is 42.5 Å². The topological polar surface area (TPSA) is 54.4 Å². The SMILES string of the molecule is COc1cc(CN(C)CC(O)COc2ccccc2Cl)ccc1OCCN1CCC(C)CC1. The van der Waals surface area contributed by atoms with Crippen molar-refractivity contribution in [3.63, 3.8) is 0 Å². The van der Waals surface area contributed by atoms with Crippen LogP contribution in [-0.4, -0.2) is 74.6 Å². The molecule has 1 N–H and O–H groups in total. The predicted octanol–water partition coefficient (Wildman–Crippen LogP) is 4.33. The summed E-state index contributed by atoms with van der Waals surface area (Å²) in [5, 5.41) is 10.9. The molecule has 1 unspecified atom stereocenters. The Morgan fingerprint density at radius 1 is 1.09 bits per heavy atom. The Morgan fingerprint density at radius 2 is 1.85 bits per heavy atom. The van der Waals surface area contributed by atoms with E-state index in [1.807, 2.05) is 42.3 Å². The summed E-state index contributed by atoms with van der Waals surface area (Å²) in [6, 6.07) is 13.3. The smallest absolute Gasteiger partial charge is 0.161 e. The monoisotopic (exact) mass is 476 g/mol. The average molecular weight is 477 g/mol. The van der Waals surface area contributed by atoms with Crippen LogP contribution in [0.4, 0.5) is 0 Å². The number of nitrogens with zero attached hydrogens (tertiary/aromatic N) is 2. The number of benzene rings is 2. The Kier molecular flexibility index (Phi) is 10.1. The van der Waals surface area contributed by atoms with E-state index in [4.69, 9.17) is 25.8 Å². The van der Waals surface area contributed by atoms with Crippen LogP contribution in [0.5, 0.6) is 17.2 Å². The minimum absolute atomic E-state index is 0.181. The zero-order valence-electron chi connectivity index (χ0n) is 20.0. The van der Waals surface area contributed by atoms with Gasteiger partial charge in [-0.3, -0.25) is 9.80 Å². The van der Waals surface area contributed by atoms with E-state index in [2.05, 4.69) is 11.8 Å².